The van der Waals surface area contributed by atoms with E-state index in [1.165, 1.54) is 6.07 Å². The first kappa shape index (κ1) is 15.3. The molecule has 1 fully saturated rings. The van der Waals surface area contributed by atoms with Crippen molar-refractivity contribution in [1.82, 2.24) is 4.90 Å². The van der Waals surface area contributed by atoms with Crippen molar-refractivity contribution in [2.75, 3.05) is 13.1 Å². The second kappa shape index (κ2) is 5.33. The van der Waals surface area contributed by atoms with Crippen molar-refractivity contribution in [1.29, 1.82) is 0 Å². The minimum Gasteiger partial charge on any atom is -0.380 e. The molecule has 0 saturated carbocycles. The van der Waals surface area contributed by atoms with E-state index in [2.05, 4.69) is 0 Å². The van der Waals surface area contributed by atoms with Crippen LogP contribution < -0.4 is 0 Å². The van der Waals surface area contributed by atoms with Crippen LogP contribution in [0.5, 0.6) is 0 Å². The molecule has 20 heavy (non-hydrogen) atoms. The topological polar surface area (TPSA) is 23.5 Å². The van der Waals surface area contributed by atoms with Crippen molar-refractivity contribution >= 4 is 0 Å². The Balaban J connectivity index is 1.96. The summed E-state index contributed by atoms with van der Waals surface area (Å²) in [5.74, 6) is -0.293. The number of aliphatic hydroxyl groups is 1. The number of aryl methyl sites for hydroxylation is 1. The third-order valence-electron chi connectivity index (χ3n) is 3.84. The molecular weight excluding hydrogens is 274 g/mol. The Morgan fingerprint density at radius 1 is 1.25 bits per heavy atom. The van der Waals surface area contributed by atoms with Gasteiger partial charge < -0.3 is 5.11 Å². The summed E-state index contributed by atoms with van der Waals surface area (Å²) >= 11 is 0. The SMILES string of the molecule is Cc1cc(CN2CCC(O)(C(F)(F)F)CC2)ccc1F. The van der Waals surface area contributed by atoms with Crippen LogP contribution in [0.25, 0.3) is 0 Å². The van der Waals surface area contributed by atoms with Crippen LogP contribution in [0.2, 0.25) is 0 Å². The first-order valence-corrected chi connectivity index (χ1v) is 6.48. The van der Waals surface area contributed by atoms with Gasteiger partial charge in [-0.2, -0.15) is 13.2 Å². The molecule has 1 aromatic carbocycles. The van der Waals surface area contributed by atoms with E-state index in [0.29, 0.717) is 12.1 Å². The van der Waals surface area contributed by atoms with Gasteiger partial charge in [-0.3, -0.25) is 4.90 Å². The maximum absolute atomic E-state index is 13.1. The monoisotopic (exact) mass is 291 g/mol. The largest absolute Gasteiger partial charge is 0.417 e. The molecule has 1 aliphatic rings. The normalized spacial score (nSPS) is 20.1. The van der Waals surface area contributed by atoms with E-state index in [1.54, 1.807) is 19.1 Å². The third-order valence-corrected chi connectivity index (χ3v) is 3.84. The number of piperidine rings is 1. The lowest BCUT2D eigenvalue weighted by Crippen LogP contribution is -2.53. The molecule has 0 amide bonds. The first-order valence-electron chi connectivity index (χ1n) is 6.48. The van der Waals surface area contributed by atoms with Gasteiger partial charge in [0.05, 0.1) is 0 Å². The van der Waals surface area contributed by atoms with Gasteiger partial charge in [-0.15, -0.1) is 0 Å². The van der Waals surface area contributed by atoms with Gasteiger partial charge in [0.25, 0.3) is 0 Å². The highest BCUT2D eigenvalue weighted by molar-refractivity contribution is 5.23. The van der Waals surface area contributed by atoms with Crippen molar-refractivity contribution < 1.29 is 22.7 Å². The number of likely N-dealkylation sites (tertiary alicyclic amines) is 1. The number of nitrogens with zero attached hydrogens (tertiary/aromatic N) is 1. The Hall–Kier alpha value is -1.14. The molecule has 1 heterocycles. The van der Waals surface area contributed by atoms with Crippen LogP contribution in [0.3, 0.4) is 0 Å². The molecule has 0 unspecified atom stereocenters. The predicted molar refractivity (Wildman–Crippen MR) is 66.7 cm³/mol. The molecule has 1 aromatic rings. The van der Waals surface area contributed by atoms with Crippen LogP contribution in [-0.4, -0.2) is 34.9 Å². The van der Waals surface area contributed by atoms with Crippen LogP contribution in [0.1, 0.15) is 24.0 Å². The summed E-state index contributed by atoms with van der Waals surface area (Å²) in [6, 6.07) is 4.69. The zero-order valence-electron chi connectivity index (χ0n) is 11.2. The van der Waals surface area contributed by atoms with Gasteiger partial charge in [-0.05, 0) is 37.0 Å². The van der Waals surface area contributed by atoms with Crippen LogP contribution in [0.4, 0.5) is 17.6 Å². The zero-order chi connectivity index (χ0) is 15.0. The summed E-state index contributed by atoms with van der Waals surface area (Å²) in [4.78, 5) is 1.84. The lowest BCUT2D eigenvalue weighted by Gasteiger charge is -2.39. The van der Waals surface area contributed by atoms with Crippen molar-refractivity contribution in [3.63, 3.8) is 0 Å². The maximum atomic E-state index is 13.1. The Morgan fingerprint density at radius 3 is 2.35 bits per heavy atom. The molecule has 2 nitrogen and oxygen atoms in total. The molecule has 1 saturated heterocycles. The second-order valence-electron chi connectivity index (χ2n) is 5.39. The lowest BCUT2D eigenvalue weighted by molar-refractivity contribution is -0.272. The number of benzene rings is 1. The molecule has 0 bridgehead atoms. The number of hydrogen-bond acceptors (Lipinski definition) is 2. The van der Waals surface area contributed by atoms with Gasteiger partial charge in [0.2, 0.25) is 0 Å². The van der Waals surface area contributed by atoms with E-state index >= 15 is 0 Å². The Kier molecular flexibility index (Phi) is 4.07. The van der Waals surface area contributed by atoms with Gasteiger partial charge in [-0.1, -0.05) is 12.1 Å². The van der Waals surface area contributed by atoms with Crippen LogP contribution in [-0.2, 0) is 6.54 Å². The van der Waals surface area contributed by atoms with Crippen LogP contribution >= 0.6 is 0 Å². The summed E-state index contributed by atoms with van der Waals surface area (Å²) in [7, 11) is 0. The van der Waals surface area contributed by atoms with E-state index in [9.17, 15) is 22.7 Å². The molecule has 112 valence electrons. The summed E-state index contributed by atoms with van der Waals surface area (Å²) in [5.41, 5.74) is -1.19. The van der Waals surface area contributed by atoms with Crippen molar-refractivity contribution in [2.45, 2.75) is 38.1 Å². The van der Waals surface area contributed by atoms with Gasteiger partial charge in [-0.25, -0.2) is 4.39 Å². The maximum Gasteiger partial charge on any atom is 0.417 e. The number of alkyl halides is 3. The molecule has 2 rings (SSSR count). The van der Waals surface area contributed by atoms with E-state index in [0.717, 1.165) is 5.56 Å². The molecule has 1 aliphatic heterocycles. The van der Waals surface area contributed by atoms with E-state index < -0.39 is 11.8 Å². The average molecular weight is 291 g/mol. The second-order valence-corrected chi connectivity index (χ2v) is 5.39. The smallest absolute Gasteiger partial charge is 0.380 e. The fourth-order valence-corrected chi connectivity index (χ4v) is 2.43. The van der Waals surface area contributed by atoms with Crippen molar-refractivity contribution in [3.8, 4) is 0 Å². The van der Waals surface area contributed by atoms with E-state index in [1.807, 2.05) is 4.90 Å². The standard InChI is InChI=1S/C14H17F4NO/c1-10-8-11(2-3-12(10)15)9-19-6-4-13(20,5-7-19)14(16,17)18/h2-3,8,20H,4-7,9H2,1H3. The van der Waals surface area contributed by atoms with Gasteiger partial charge in [0.15, 0.2) is 5.60 Å². The molecule has 0 radical (unpaired) electrons. The Morgan fingerprint density at radius 2 is 1.85 bits per heavy atom. The third kappa shape index (κ3) is 3.12. The molecule has 0 spiro atoms. The average Bonchev–Trinajstić information content (AvgIpc) is 2.35. The quantitative estimate of drug-likeness (QED) is 0.847. The Labute approximate surface area is 115 Å². The fourth-order valence-electron chi connectivity index (χ4n) is 2.43. The molecule has 1 N–H and O–H groups in total. The van der Waals surface area contributed by atoms with Crippen molar-refractivity contribution in [3.05, 3.63) is 35.1 Å². The van der Waals surface area contributed by atoms with Crippen molar-refractivity contribution in [2.24, 2.45) is 0 Å². The summed E-state index contributed by atoms with van der Waals surface area (Å²) in [6.07, 6.45) is -5.22. The summed E-state index contributed by atoms with van der Waals surface area (Å²) in [5, 5.41) is 9.57. The molecule has 0 aromatic heterocycles. The molecule has 6 heteroatoms. The van der Waals surface area contributed by atoms with E-state index in [-0.39, 0.29) is 31.7 Å². The highest BCUT2D eigenvalue weighted by atomic mass is 19.4. The van der Waals surface area contributed by atoms with Crippen LogP contribution in [0, 0.1) is 12.7 Å². The van der Waals surface area contributed by atoms with Gasteiger partial charge in [0.1, 0.15) is 5.82 Å². The summed E-state index contributed by atoms with van der Waals surface area (Å²) in [6.45, 7) is 2.46. The molecular formula is C14H17F4NO. The van der Waals surface area contributed by atoms with Crippen LogP contribution in [0.15, 0.2) is 18.2 Å². The van der Waals surface area contributed by atoms with E-state index in [4.69, 9.17) is 0 Å². The lowest BCUT2D eigenvalue weighted by atomic mass is 9.90. The molecule has 0 aliphatic carbocycles. The highest BCUT2D eigenvalue weighted by Gasteiger charge is 2.54. The number of halogens is 4. The van der Waals surface area contributed by atoms with Gasteiger partial charge in [0, 0.05) is 19.6 Å². The number of hydrogen-bond donors (Lipinski definition) is 1. The molecule has 0 atom stereocenters. The zero-order valence-corrected chi connectivity index (χ0v) is 11.2. The Bertz CT molecular complexity index is 479. The summed E-state index contributed by atoms with van der Waals surface area (Å²) < 4.78 is 51.1. The van der Waals surface area contributed by atoms with Gasteiger partial charge >= 0.3 is 6.18 Å². The highest BCUT2D eigenvalue weighted by Crippen LogP contribution is 2.38. The first-order chi connectivity index (χ1) is 9.21. The minimum atomic E-state index is -4.58. The minimum absolute atomic E-state index is 0.173. The predicted octanol–water partition coefficient (Wildman–Crippen LogP) is 3.02. The fraction of sp³-hybridized carbons (Fsp3) is 0.571. The number of rotatable bonds is 2.